The molecular weight excluding hydrogens is 222 g/mol. The Kier molecular flexibility index (Phi) is 9.27. The maximum Gasteiger partial charge on any atom is 0.119 e. The van der Waals surface area contributed by atoms with Crippen LogP contribution in [0.2, 0.25) is 0 Å². The van der Waals surface area contributed by atoms with E-state index in [-0.39, 0.29) is 0 Å². The molecule has 102 valence electrons. The fraction of sp³-hybridized carbons (Fsp3) is 0.625. The lowest BCUT2D eigenvalue weighted by atomic mass is 10.2. The van der Waals surface area contributed by atoms with Gasteiger partial charge in [0, 0.05) is 0 Å². The minimum atomic E-state index is 0.833. The van der Waals surface area contributed by atoms with Crippen LogP contribution in [-0.2, 0) is 0 Å². The van der Waals surface area contributed by atoms with Gasteiger partial charge in [0.1, 0.15) is 5.75 Å². The highest BCUT2D eigenvalue weighted by Gasteiger charge is 1.93. The van der Waals surface area contributed by atoms with E-state index in [1.807, 2.05) is 30.3 Å². The van der Waals surface area contributed by atoms with Gasteiger partial charge in [0.05, 0.1) is 6.61 Å². The summed E-state index contributed by atoms with van der Waals surface area (Å²) in [4.78, 5) is 0. The monoisotopic (exact) mass is 249 g/mol. The maximum absolute atomic E-state index is 5.65. The van der Waals surface area contributed by atoms with Crippen molar-refractivity contribution >= 4 is 0 Å². The SMILES string of the molecule is CCCCCNCCCCCOc1ccccc1. The molecule has 2 heteroatoms. The average molecular weight is 249 g/mol. The predicted molar refractivity (Wildman–Crippen MR) is 78.2 cm³/mol. The molecule has 0 fully saturated rings. The van der Waals surface area contributed by atoms with Gasteiger partial charge in [-0.05, 0) is 50.9 Å². The van der Waals surface area contributed by atoms with Gasteiger partial charge < -0.3 is 10.1 Å². The number of hydrogen-bond acceptors (Lipinski definition) is 2. The molecule has 0 aliphatic carbocycles. The Morgan fingerprint density at radius 3 is 2.33 bits per heavy atom. The Morgan fingerprint density at radius 2 is 1.61 bits per heavy atom. The van der Waals surface area contributed by atoms with Gasteiger partial charge in [-0.15, -0.1) is 0 Å². The molecule has 0 aromatic heterocycles. The molecule has 0 atom stereocenters. The van der Waals surface area contributed by atoms with Crippen LogP contribution in [0.5, 0.6) is 5.75 Å². The largest absolute Gasteiger partial charge is 0.494 e. The molecule has 0 aliphatic rings. The second kappa shape index (κ2) is 11.1. The van der Waals surface area contributed by atoms with Crippen LogP contribution in [0.15, 0.2) is 30.3 Å². The maximum atomic E-state index is 5.65. The summed E-state index contributed by atoms with van der Waals surface area (Å²) in [5.41, 5.74) is 0. The highest BCUT2D eigenvalue weighted by Crippen LogP contribution is 2.09. The summed E-state index contributed by atoms with van der Waals surface area (Å²) < 4.78 is 5.65. The topological polar surface area (TPSA) is 21.3 Å². The van der Waals surface area contributed by atoms with Crippen LogP contribution in [0.25, 0.3) is 0 Å². The standard InChI is InChI=1S/C16H27NO/c1-2-3-8-13-17-14-9-5-10-15-18-16-11-6-4-7-12-16/h4,6-7,11-12,17H,2-3,5,8-10,13-15H2,1H3. The van der Waals surface area contributed by atoms with E-state index < -0.39 is 0 Å². The van der Waals surface area contributed by atoms with E-state index in [0.29, 0.717) is 0 Å². The smallest absolute Gasteiger partial charge is 0.119 e. The summed E-state index contributed by atoms with van der Waals surface area (Å²) >= 11 is 0. The van der Waals surface area contributed by atoms with Crippen molar-refractivity contribution in [2.24, 2.45) is 0 Å². The summed E-state index contributed by atoms with van der Waals surface area (Å²) in [5.74, 6) is 0.982. The average Bonchev–Trinajstić information content (AvgIpc) is 2.42. The first kappa shape index (κ1) is 15.0. The van der Waals surface area contributed by atoms with Gasteiger partial charge in [-0.1, -0.05) is 38.0 Å². The zero-order valence-corrected chi connectivity index (χ0v) is 11.7. The molecule has 1 aromatic carbocycles. The van der Waals surface area contributed by atoms with E-state index in [4.69, 9.17) is 4.74 Å². The second-order valence-electron chi connectivity index (χ2n) is 4.68. The van der Waals surface area contributed by atoms with E-state index in [1.54, 1.807) is 0 Å². The molecule has 1 rings (SSSR count). The number of rotatable bonds is 11. The highest BCUT2D eigenvalue weighted by atomic mass is 16.5. The molecule has 0 radical (unpaired) electrons. The van der Waals surface area contributed by atoms with Gasteiger partial charge >= 0.3 is 0 Å². The summed E-state index contributed by atoms with van der Waals surface area (Å²) in [6, 6.07) is 10.0. The highest BCUT2D eigenvalue weighted by molar-refractivity contribution is 5.20. The van der Waals surface area contributed by atoms with Crippen molar-refractivity contribution < 1.29 is 4.74 Å². The predicted octanol–water partition coefficient (Wildman–Crippen LogP) is 4.02. The van der Waals surface area contributed by atoms with Crippen LogP contribution >= 0.6 is 0 Å². The fourth-order valence-corrected chi connectivity index (χ4v) is 1.86. The van der Waals surface area contributed by atoms with Crippen molar-refractivity contribution in [3.63, 3.8) is 0 Å². The molecule has 0 spiro atoms. The lowest BCUT2D eigenvalue weighted by Gasteiger charge is -2.06. The Morgan fingerprint density at radius 1 is 0.889 bits per heavy atom. The third-order valence-corrected chi connectivity index (χ3v) is 2.97. The van der Waals surface area contributed by atoms with Crippen molar-refractivity contribution in [2.45, 2.75) is 45.4 Å². The second-order valence-corrected chi connectivity index (χ2v) is 4.68. The third kappa shape index (κ3) is 8.13. The van der Waals surface area contributed by atoms with Gasteiger partial charge in [0.2, 0.25) is 0 Å². The fourth-order valence-electron chi connectivity index (χ4n) is 1.86. The molecule has 0 heterocycles. The zero-order chi connectivity index (χ0) is 12.9. The first-order valence-corrected chi connectivity index (χ1v) is 7.32. The van der Waals surface area contributed by atoms with Gasteiger partial charge in [0.25, 0.3) is 0 Å². The molecule has 0 saturated heterocycles. The van der Waals surface area contributed by atoms with E-state index in [2.05, 4.69) is 12.2 Å². The summed E-state index contributed by atoms with van der Waals surface area (Å²) in [6.07, 6.45) is 7.60. The third-order valence-electron chi connectivity index (χ3n) is 2.97. The molecule has 0 amide bonds. The number of hydrogen-bond donors (Lipinski definition) is 1. The molecule has 0 aliphatic heterocycles. The number of nitrogens with one attached hydrogen (secondary N) is 1. The molecule has 1 N–H and O–H groups in total. The van der Waals surface area contributed by atoms with Gasteiger partial charge in [-0.25, -0.2) is 0 Å². The van der Waals surface area contributed by atoms with Crippen LogP contribution < -0.4 is 10.1 Å². The minimum Gasteiger partial charge on any atom is -0.494 e. The molecule has 0 bridgehead atoms. The first-order valence-electron chi connectivity index (χ1n) is 7.32. The van der Waals surface area contributed by atoms with Crippen molar-refractivity contribution in [3.05, 3.63) is 30.3 Å². The Hall–Kier alpha value is -1.02. The number of benzene rings is 1. The zero-order valence-electron chi connectivity index (χ0n) is 11.7. The summed E-state index contributed by atoms with van der Waals surface area (Å²) in [6.45, 7) is 5.40. The van der Waals surface area contributed by atoms with Crippen LogP contribution in [0.3, 0.4) is 0 Å². The first-order chi connectivity index (χ1) is 8.93. The molecular formula is C16H27NO. The summed E-state index contributed by atoms with van der Waals surface area (Å²) in [7, 11) is 0. The molecule has 0 unspecified atom stereocenters. The van der Waals surface area contributed by atoms with E-state index in [0.717, 1.165) is 25.3 Å². The van der Waals surface area contributed by atoms with E-state index in [1.165, 1.54) is 38.6 Å². The molecule has 1 aromatic rings. The van der Waals surface area contributed by atoms with Gasteiger partial charge in [0.15, 0.2) is 0 Å². The van der Waals surface area contributed by atoms with Crippen molar-refractivity contribution in [1.82, 2.24) is 5.32 Å². The van der Waals surface area contributed by atoms with E-state index in [9.17, 15) is 0 Å². The molecule has 18 heavy (non-hydrogen) atoms. The summed E-state index contributed by atoms with van der Waals surface area (Å²) in [5, 5.41) is 3.49. The number of unbranched alkanes of at least 4 members (excludes halogenated alkanes) is 4. The Bertz CT molecular complexity index is 274. The van der Waals surface area contributed by atoms with Crippen molar-refractivity contribution in [1.29, 1.82) is 0 Å². The quantitative estimate of drug-likeness (QED) is 0.598. The van der Waals surface area contributed by atoms with Crippen LogP contribution in [0.4, 0.5) is 0 Å². The van der Waals surface area contributed by atoms with Gasteiger partial charge in [-0.3, -0.25) is 0 Å². The van der Waals surface area contributed by atoms with E-state index >= 15 is 0 Å². The van der Waals surface area contributed by atoms with Gasteiger partial charge in [-0.2, -0.15) is 0 Å². The van der Waals surface area contributed by atoms with Crippen molar-refractivity contribution in [2.75, 3.05) is 19.7 Å². The van der Waals surface area contributed by atoms with Crippen LogP contribution in [0, 0.1) is 0 Å². The lowest BCUT2D eigenvalue weighted by Crippen LogP contribution is -2.16. The lowest BCUT2D eigenvalue weighted by molar-refractivity contribution is 0.305. The van der Waals surface area contributed by atoms with Crippen LogP contribution in [-0.4, -0.2) is 19.7 Å². The van der Waals surface area contributed by atoms with Crippen LogP contribution in [0.1, 0.15) is 45.4 Å². The molecule has 0 saturated carbocycles. The Labute approximate surface area is 112 Å². The van der Waals surface area contributed by atoms with Crippen molar-refractivity contribution in [3.8, 4) is 5.75 Å². The molecule has 2 nitrogen and oxygen atoms in total. The Balaban J connectivity index is 1.82. The number of ether oxygens (including phenoxy) is 1. The minimum absolute atomic E-state index is 0.833. The normalized spacial score (nSPS) is 10.5. The number of para-hydroxylation sites is 1.